The summed E-state index contributed by atoms with van der Waals surface area (Å²) in [7, 11) is 0. The molecule has 7 heteroatoms. The van der Waals surface area contributed by atoms with Crippen LogP contribution in [0.15, 0.2) is 74.7 Å². The normalized spacial score (nSPS) is 10.9. The van der Waals surface area contributed by atoms with Gasteiger partial charge in [-0.25, -0.2) is 0 Å². The van der Waals surface area contributed by atoms with Crippen LogP contribution in [-0.4, -0.2) is 11.1 Å². The summed E-state index contributed by atoms with van der Waals surface area (Å²) in [5.41, 5.74) is 4.44. The highest BCUT2D eigenvalue weighted by Crippen LogP contribution is 2.29. The summed E-state index contributed by atoms with van der Waals surface area (Å²) in [6.45, 7) is 0. The lowest BCUT2D eigenvalue weighted by molar-refractivity contribution is -0.384. The number of nitro benzene ring substituents is 1. The largest absolute Gasteiger partial charge is 0.455 e. The van der Waals surface area contributed by atoms with Gasteiger partial charge in [-0.05, 0) is 30.3 Å². The minimum Gasteiger partial charge on any atom is -0.455 e. The van der Waals surface area contributed by atoms with Crippen LogP contribution in [0, 0.1) is 10.1 Å². The van der Waals surface area contributed by atoms with Crippen molar-refractivity contribution in [2.24, 2.45) is 5.10 Å². The van der Waals surface area contributed by atoms with Gasteiger partial charge >= 0.3 is 0 Å². The summed E-state index contributed by atoms with van der Waals surface area (Å²) in [5.74, 6) is 1.33. The number of nitro groups is 1. The van der Waals surface area contributed by atoms with Crippen molar-refractivity contribution in [1.29, 1.82) is 0 Å². The molecule has 0 fully saturated rings. The first-order valence-electron chi connectivity index (χ1n) is 7.02. The Kier molecular flexibility index (Phi) is 4.72. The van der Waals surface area contributed by atoms with Crippen molar-refractivity contribution in [2.75, 3.05) is 5.43 Å². The van der Waals surface area contributed by atoms with Gasteiger partial charge in [-0.3, -0.25) is 15.5 Å². The van der Waals surface area contributed by atoms with Gasteiger partial charge in [0.2, 0.25) is 0 Å². The zero-order chi connectivity index (χ0) is 16.9. The lowest BCUT2D eigenvalue weighted by Gasteiger charge is -2.00. The standard InChI is InChI=1S/C17H12BrN3O3/c18-16-4-2-1-3-15(16)17-10-9-14(24-17)11-19-20-12-5-7-13(8-6-12)21(22)23/h1-11,20H. The molecule has 0 unspecified atom stereocenters. The van der Waals surface area contributed by atoms with Gasteiger partial charge in [0, 0.05) is 22.2 Å². The summed E-state index contributed by atoms with van der Waals surface area (Å²) >= 11 is 3.49. The second-order valence-corrected chi connectivity index (χ2v) is 5.71. The predicted octanol–water partition coefficient (Wildman–Crippen LogP) is 5.06. The average molecular weight is 386 g/mol. The van der Waals surface area contributed by atoms with Gasteiger partial charge in [0.15, 0.2) is 0 Å². The summed E-state index contributed by atoms with van der Waals surface area (Å²) in [6.07, 6.45) is 1.54. The van der Waals surface area contributed by atoms with E-state index in [9.17, 15) is 10.1 Å². The molecule has 0 aliphatic carbocycles. The number of non-ortho nitro benzene ring substituents is 1. The van der Waals surface area contributed by atoms with Gasteiger partial charge in [-0.15, -0.1) is 0 Å². The molecule has 1 heterocycles. The average Bonchev–Trinajstić information content (AvgIpc) is 3.04. The van der Waals surface area contributed by atoms with E-state index in [1.54, 1.807) is 18.3 Å². The molecule has 3 rings (SSSR count). The van der Waals surface area contributed by atoms with E-state index in [-0.39, 0.29) is 5.69 Å². The minimum atomic E-state index is -0.445. The number of nitrogens with one attached hydrogen (secondary N) is 1. The number of rotatable bonds is 5. The van der Waals surface area contributed by atoms with E-state index in [1.165, 1.54) is 12.1 Å². The molecule has 0 radical (unpaired) electrons. The van der Waals surface area contributed by atoms with Crippen molar-refractivity contribution in [3.8, 4) is 11.3 Å². The Hall–Kier alpha value is -2.93. The Balaban J connectivity index is 1.67. The smallest absolute Gasteiger partial charge is 0.269 e. The van der Waals surface area contributed by atoms with E-state index >= 15 is 0 Å². The maximum Gasteiger partial charge on any atom is 0.269 e. The highest BCUT2D eigenvalue weighted by molar-refractivity contribution is 9.10. The first-order valence-corrected chi connectivity index (χ1v) is 7.81. The number of benzene rings is 2. The maximum atomic E-state index is 10.6. The molecule has 24 heavy (non-hydrogen) atoms. The first-order chi connectivity index (χ1) is 11.6. The van der Waals surface area contributed by atoms with Crippen LogP contribution in [0.25, 0.3) is 11.3 Å². The molecule has 0 saturated carbocycles. The molecular formula is C17H12BrN3O3. The Labute approximate surface area is 146 Å². The fourth-order valence-electron chi connectivity index (χ4n) is 2.06. The third kappa shape index (κ3) is 3.69. The van der Waals surface area contributed by atoms with Gasteiger partial charge in [0.1, 0.15) is 11.5 Å². The number of halogens is 1. The molecule has 0 saturated heterocycles. The van der Waals surface area contributed by atoms with Crippen molar-refractivity contribution < 1.29 is 9.34 Å². The van der Waals surface area contributed by atoms with Gasteiger partial charge < -0.3 is 4.42 Å². The highest BCUT2D eigenvalue weighted by Gasteiger charge is 2.07. The van der Waals surface area contributed by atoms with Gasteiger partial charge in [0.05, 0.1) is 16.8 Å². The Morgan fingerprint density at radius 3 is 2.54 bits per heavy atom. The first kappa shape index (κ1) is 15.9. The monoisotopic (exact) mass is 385 g/mol. The van der Waals surface area contributed by atoms with Crippen LogP contribution in [-0.2, 0) is 0 Å². The van der Waals surface area contributed by atoms with Crippen LogP contribution in [0.3, 0.4) is 0 Å². The Bertz CT molecular complexity index is 888. The number of furan rings is 1. The summed E-state index contributed by atoms with van der Waals surface area (Å²) < 4.78 is 6.68. The predicted molar refractivity (Wildman–Crippen MR) is 96.2 cm³/mol. The molecule has 0 aliphatic heterocycles. The number of nitrogens with zero attached hydrogens (tertiary/aromatic N) is 2. The number of hydrogen-bond donors (Lipinski definition) is 1. The van der Waals surface area contributed by atoms with Crippen LogP contribution in [0.4, 0.5) is 11.4 Å². The molecule has 6 nitrogen and oxygen atoms in total. The second kappa shape index (κ2) is 7.10. The second-order valence-electron chi connectivity index (χ2n) is 4.86. The molecular weight excluding hydrogens is 374 g/mol. The highest BCUT2D eigenvalue weighted by atomic mass is 79.9. The van der Waals surface area contributed by atoms with Crippen molar-refractivity contribution in [2.45, 2.75) is 0 Å². The topological polar surface area (TPSA) is 80.7 Å². The summed E-state index contributed by atoms with van der Waals surface area (Å²) in [5, 5.41) is 14.7. The molecule has 2 aromatic carbocycles. The van der Waals surface area contributed by atoms with Crippen LogP contribution >= 0.6 is 15.9 Å². The molecule has 0 bridgehead atoms. The van der Waals surface area contributed by atoms with Crippen molar-refractivity contribution >= 4 is 33.5 Å². The quantitative estimate of drug-likeness (QED) is 0.377. The molecule has 3 aromatic rings. The fourth-order valence-corrected chi connectivity index (χ4v) is 2.54. The Morgan fingerprint density at radius 2 is 1.83 bits per heavy atom. The van der Waals surface area contributed by atoms with E-state index in [1.807, 2.05) is 36.4 Å². The molecule has 0 atom stereocenters. The van der Waals surface area contributed by atoms with E-state index in [4.69, 9.17) is 4.42 Å². The van der Waals surface area contributed by atoms with Crippen LogP contribution in [0.5, 0.6) is 0 Å². The number of hydrogen-bond acceptors (Lipinski definition) is 5. The third-order valence-corrected chi connectivity index (χ3v) is 3.92. The van der Waals surface area contributed by atoms with E-state index < -0.39 is 4.92 Å². The van der Waals surface area contributed by atoms with Crippen LogP contribution in [0.2, 0.25) is 0 Å². The van der Waals surface area contributed by atoms with Crippen LogP contribution in [0.1, 0.15) is 5.76 Å². The fraction of sp³-hybridized carbons (Fsp3) is 0. The third-order valence-electron chi connectivity index (χ3n) is 3.23. The minimum absolute atomic E-state index is 0.0358. The molecule has 0 amide bonds. The van der Waals surface area contributed by atoms with Gasteiger partial charge in [0.25, 0.3) is 5.69 Å². The molecule has 1 aromatic heterocycles. The summed E-state index contributed by atoms with van der Waals surface area (Å²) in [4.78, 5) is 10.1. The maximum absolute atomic E-state index is 10.6. The lowest BCUT2D eigenvalue weighted by Crippen LogP contribution is -1.91. The molecule has 120 valence electrons. The van der Waals surface area contributed by atoms with Crippen LogP contribution < -0.4 is 5.43 Å². The number of hydrazone groups is 1. The Morgan fingerprint density at radius 1 is 1.08 bits per heavy atom. The molecule has 0 spiro atoms. The zero-order valence-electron chi connectivity index (χ0n) is 12.3. The van der Waals surface area contributed by atoms with Gasteiger partial charge in [-0.1, -0.05) is 34.1 Å². The van der Waals surface area contributed by atoms with E-state index in [0.29, 0.717) is 11.4 Å². The lowest BCUT2D eigenvalue weighted by atomic mass is 10.2. The van der Waals surface area contributed by atoms with Crippen molar-refractivity contribution in [1.82, 2.24) is 0 Å². The molecule has 1 N–H and O–H groups in total. The van der Waals surface area contributed by atoms with Gasteiger partial charge in [-0.2, -0.15) is 5.10 Å². The number of anilines is 1. The van der Waals surface area contributed by atoms with Crippen molar-refractivity contribution in [3.63, 3.8) is 0 Å². The van der Waals surface area contributed by atoms with Crippen molar-refractivity contribution in [3.05, 3.63) is 81.0 Å². The SMILES string of the molecule is O=[N+]([O-])c1ccc(NN=Cc2ccc(-c3ccccc3Br)o2)cc1. The summed E-state index contributed by atoms with van der Waals surface area (Å²) in [6, 6.07) is 17.5. The zero-order valence-corrected chi connectivity index (χ0v) is 13.9. The molecule has 0 aliphatic rings. The van der Waals surface area contributed by atoms with E-state index in [0.717, 1.165) is 15.8 Å². The van der Waals surface area contributed by atoms with E-state index in [2.05, 4.69) is 26.5 Å².